The van der Waals surface area contributed by atoms with Gasteiger partial charge in [0, 0.05) is 30.0 Å². The summed E-state index contributed by atoms with van der Waals surface area (Å²) in [7, 11) is -3.16. The molecule has 0 radical (unpaired) electrons. The number of sulfonamides is 1. The molecular formula is C20H26N4O4S. The lowest BCUT2D eigenvalue weighted by Crippen LogP contribution is -2.41. The quantitative estimate of drug-likeness (QED) is 0.768. The Morgan fingerprint density at radius 2 is 1.83 bits per heavy atom. The summed E-state index contributed by atoms with van der Waals surface area (Å²) in [6.07, 6.45) is 2.38. The first-order chi connectivity index (χ1) is 13.7. The van der Waals surface area contributed by atoms with E-state index in [9.17, 15) is 13.2 Å². The van der Waals surface area contributed by atoms with Gasteiger partial charge in [-0.05, 0) is 51.0 Å². The molecule has 1 N–H and O–H groups in total. The summed E-state index contributed by atoms with van der Waals surface area (Å²) in [5.41, 5.74) is 2.21. The average molecular weight is 419 g/mol. The number of aryl methyl sites for hydroxylation is 2. The van der Waals surface area contributed by atoms with Crippen molar-refractivity contribution in [2.45, 2.75) is 39.3 Å². The fourth-order valence-electron chi connectivity index (χ4n) is 3.32. The number of carbonyl (C=O) groups excluding carboxylic acids is 1. The summed E-state index contributed by atoms with van der Waals surface area (Å²) in [5.74, 6) is 0.934. The third-order valence-corrected chi connectivity index (χ3v) is 6.01. The van der Waals surface area contributed by atoms with Crippen LogP contribution in [0.3, 0.4) is 0 Å². The second-order valence-corrected chi connectivity index (χ2v) is 9.24. The molecule has 1 aromatic heterocycles. The van der Waals surface area contributed by atoms with Gasteiger partial charge in [-0.25, -0.2) is 22.7 Å². The summed E-state index contributed by atoms with van der Waals surface area (Å²) in [4.78, 5) is 21.1. The zero-order valence-electron chi connectivity index (χ0n) is 16.9. The van der Waals surface area contributed by atoms with Crippen LogP contribution < -0.4 is 10.1 Å². The number of ether oxygens (including phenoxy) is 1. The highest BCUT2D eigenvalue weighted by atomic mass is 32.2. The Hall–Kier alpha value is -2.52. The van der Waals surface area contributed by atoms with E-state index in [0.29, 0.717) is 43.1 Å². The Kier molecular flexibility index (Phi) is 6.49. The number of aromatic nitrogens is 2. The molecule has 1 aliphatic rings. The van der Waals surface area contributed by atoms with Crippen LogP contribution in [0.4, 0.5) is 0 Å². The van der Waals surface area contributed by atoms with E-state index >= 15 is 0 Å². The number of nitrogens with zero attached hydrogens (tertiary/aromatic N) is 3. The highest BCUT2D eigenvalue weighted by Crippen LogP contribution is 2.21. The minimum atomic E-state index is -3.16. The van der Waals surface area contributed by atoms with Gasteiger partial charge in [-0.3, -0.25) is 4.79 Å². The van der Waals surface area contributed by atoms with Gasteiger partial charge in [0.15, 0.2) is 0 Å². The summed E-state index contributed by atoms with van der Waals surface area (Å²) in [6, 6.07) is 8.86. The molecule has 0 saturated carbocycles. The third kappa shape index (κ3) is 5.98. The van der Waals surface area contributed by atoms with Crippen molar-refractivity contribution in [3.63, 3.8) is 0 Å². The van der Waals surface area contributed by atoms with Gasteiger partial charge in [-0.2, -0.15) is 0 Å². The lowest BCUT2D eigenvalue weighted by molar-refractivity contribution is 0.0947. The van der Waals surface area contributed by atoms with Gasteiger partial charge in [0.05, 0.1) is 12.8 Å². The lowest BCUT2D eigenvalue weighted by Gasteiger charge is -2.30. The second kappa shape index (κ2) is 8.87. The van der Waals surface area contributed by atoms with Crippen LogP contribution >= 0.6 is 0 Å². The number of nitrogens with one attached hydrogen (secondary N) is 1. The van der Waals surface area contributed by atoms with Crippen molar-refractivity contribution in [2.24, 2.45) is 0 Å². The van der Waals surface area contributed by atoms with E-state index in [0.717, 1.165) is 11.4 Å². The predicted molar refractivity (Wildman–Crippen MR) is 109 cm³/mol. The van der Waals surface area contributed by atoms with Crippen LogP contribution in [-0.4, -0.2) is 54.0 Å². The molecule has 9 heteroatoms. The number of piperidine rings is 1. The average Bonchev–Trinajstić information content (AvgIpc) is 2.65. The summed E-state index contributed by atoms with van der Waals surface area (Å²) >= 11 is 0. The molecule has 1 saturated heterocycles. The molecule has 1 aromatic carbocycles. The van der Waals surface area contributed by atoms with Gasteiger partial charge < -0.3 is 10.1 Å². The maximum atomic E-state index is 12.5. The van der Waals surface area contributed by atoms with Crippen molar-refractivity contribution in [3.05, 3.63) is 53.1 Å². The lowest BCUT2D eigenvalue weighted by atomic mass is 10.1. The number of hydrogen-bond acceptors (Lipinski definition) is 6. The first-order valence-electron chi connectivity index (χ1n) is 9.52. The zero-order chi connectivity index (χ0) is 21.0. The van der Waals surface area contributed by atoms with E-state index in [1.165, 1.54) is 10.6 Å². The number of hydrogen-bond donors (Lipinski definition) is 1. The maximum Gasteiger partial charge on any atom is 0.251 e. The second-order valence-electron chi connectivity index (χ2n) is 7.26. The minimum absolute atomic E-state index is 0.0741. The smallest absolute Gasteiger partial charge is 0.251 e. The Labute approximate surface area is 171 Å². The first-order valence-corrected chi connectivity index (χ1v) is 11.4. The third-order valence-electron chi connectivity index (χ3n) is 4.70. The van der Waals surface area contributed by atoms with Gasteiger partial charge >= 0.3 is 0 Å². The Bertz CT molecular complexity index is 965. The van der Waals surface area contributed by atoms with Gasteiger partial charge in [0.2, 0.25) is 10.0 Å². The molecule has 2 heterocycles. The summed E-state index contributed by atoms with van der Waals surface area (Å²) < 4.78 is 30.6. The van der Waals surface area contributed by atoms with Gasteiger partial charge in [-0.1, -0.05) is 6.07 Å². The first kappa shape index (κ1) is 21.2. The van der Waals surface area contributed by atoms with Crippen molar-refractivity contribution < 1.29 is 17.9 Å². The van der Waals surface area contributed by atoms with E-state index in [-0.39, 0.29) is 18.6 Å². The van der Waals surface area contributed by atoms with Crippen molar-refractivity contribution in [1.82, 2.24) is 19.6 Å². The highest BCUT2D eigenvalue weighted by Gasteiger charge is 2.26. The van der Waals surface area contributed by atoms with Crippen LogP contribution in [0.15, 0.2) is 30.3 Å². The standard InChI is InChI=1S/C20H26N4O4S/c1-14-11-15(2)23-19(22-14)13-21-20(25)16-5-4-6-18(12-16)28-17-7-9-24(10-8-17)29(3,26)27/h4-6,11-12,17H,7-10,13H2,1-3H3,(H,21,25). The molecule has 1 amide bonds. The number of amides is 1. The summed E-state index contributed by atoms with van der Waals surface area (Å²) in [5, 5.41) is 2.83. The molecule has 156 valence electrons. The molecule has 2 aromatic rings. The van der Waals surface area contributed by atoms with Crippen LogP contribution in [0.5, 0.6) is 5.75 Å². The van der Waals surface area contributed by atoms with Crippen LogP contribution in [-0.2, 0) is 16.6 Å². The van der Waals surface area contributed by atoms with Crippen LogP contribution in [0.2, 0.25) is 0 Å². The molecule has 0 bridgehead atoms. The Balaban J connectivity index is 1.57. The fraction of sp³-hybridized carbons (Fsp3) is 0.450. The number of rotatable bonds is 6. The van der Waals surface area contributed by atoms with Gasteiger partial charge in [0.1, 0.15) is 17.7 Å². The van der Waals surface area contributed by atoms with E-state index in [1.807, 2.05) is 19.9 Å². The number of benzene rings is 1. The Morgan fingerprint density at radius 1 is 1.17 bits per heavy atom. The van der Waals surface area contributed by atoms with Crippen LogP contribution in [0.1, 0.15) is 40.4 Å². The van der Waals surface area contributed by atoms with Crippen molar-refractivity contribution in [2.75, 3.05) is 19.3 Å². The van der Waals surface area contributed by atoms with Gasteiger partial charge in [-0.15, -0.1) is 0 Å². The SMILES string of the molecule is Cc1cc(C)nc(CNC(=O)c2cccc(OC3CCN(S(C)(=O)=O)CC3)c2)n1. The fourth-order valence-corrected chi connectivity index (χ4v) is 4.20. The highest BCUT2D eigenvalue weighted by molar-refractivity contribution is 7.88. The van der Waals surface area contributed by atoms with Crippen molar-refractivity contribution in [3.8, 4) is 5.75 Å². The predicted octanol–water partition coefficient (Wildman–Crippen LogP) is 1.83. The zero-order valence-corrected chi connectivity index (χ0v) is 17.7. The molecule has 0 atom stereocenters. The van der Waals surface area contributed by atoms with Crippen molar-refractivity contribution in [1.29, 1.82) is 0 Å². The monoisotopic (exact) mass is 418 g/mol. The number of carbonyl (C=O) groups is 1. The van der Waals surface area contributed by atoms with Crippen LogP contribution in [0.25, 0.3) is 0 Å². The van der Waals surface area contributed by atoms with E-state index < -0.39 is 10.0 Å². The maximum absolute atomic E-state index is 12.5. The topological polar surface area (TPSA) is 101 Å². The Morgan fingerprint density at radius 3 is 2.45 bits per heavy atom. The van der Waals surface area contributed by atoms with E-state index in [1.54, 1.807) is 24.3 Å². The van der Waals surface area contributed by atoms with E-state index in [2.05, 4.69) is 15.3 Å². The molecule has 0 unspecified atom stereocenters. The van der Waals surface area contributed by atoms with Crippen molar-refractivity contribution >= 4 is 15.9 Å². The molecule has 0 aliphatic carbocycles. The normalized spacial score (nSPS) is 15.8. The molecule has 3 rings (SSSR count). The largest absolute Gasteiger partial charge is 0.490 e. The van der Waals surface area contributed by atoms with Gasteiger partial charge in [0.25, 0.3) is 5.91 Å². The minimum Gasteiger partial charge on any atom is -0.490 e. The molecule has 1 aliphatic heterocycles. The van der Waals surface area contributed by atoms with E-state index in [4.69, 9.17) is 4.74 Å². The molecule has 0 spiro atoms. The molecule has 29 heavy (non-hydrogen) atoms. The van der Waals surface area contributed by atoms with Crippen LogP contribution in [0, 0.1) is 13.8 Å². The molecule has 8 nitrogen and oxygen atoms in total. The molecular weight excluding hydrogens is 392 g/mol. The summed E-state index contributed by atoms with van der Waals surface area (Å²) in [6.45, 7) is 4.91. The molecule has 1 fully saturated rings.